The third-order valence-corrected chi connectivity index (χ3v) is 5.00. The standard InChI is InChI=1S/C17H18N2O5S/c1-11-9-13(18-16(21)12-5-4-8-23-12)25-15(11)17(22)24-10-14(20)19-6-2-3-7-19/h4-5,8-9H,2-3,6-7,10H2,1H3,(H,18,21). The van der Waals surface area contributed by atoms with Crippen LogP contribution in [0, 0.1) is 6.92 Å². The van der Waals surface area contributed by atoms with Gasteiger partial charge in [-0.15, -0.1) is 11.3 Å². The van der Waals surface area contributed by atoms with Crippen molar-refractivity contribution in [3.8, 4) is 0 Å². The Bertz CT molecular complexity index is 775. The van der Waals surface area contributed by atoms with E-state index in [4.69, 9.17) is 9.15 Å². The Morgan fingerprint density at radius 3 is 2.76 bits per heavy atom. The molecule has 3 heterocycles. The lowest BCUT2D eigenvalue weighted by Gasteiger charge is -2.14. The third-order valence-electron chi connectivity index (χ3n) is 3.87. The summed E-state index contributed by atoms with van der Waals surface area (Å²) in [5.41, 5.74) is 0.679. The molecule has 0 saturated carbocycles. The molecule has 0 unspecified atom stereocenters. The smallest absolute Gasteiger partial charge is 0.349 e. The minimum Gasteiger partial charge on any atom is -0.459 e. The monoisotopic (exact) mass is 362 g/mol. The highest BCUT2D eigenvalue weighted by atomic mass is 32.1. The van der Waals surface area contributed by atoms with Crippen LogP contribution >= 0.6 is 11.3 Å². The van der Waals surface area contributed by atoms with Crippen molar-refractivity contribution in [2.75, 3.05) is 25.0 Å². The summed E-state index contributed by atoms with van der Waals surface area (Å²) in [6, 6.07) is 4.86. The van der Waals surface area contributed by atoms with Crippen molar-refractivity contribution >= 4 is 34.1 Å². The van der Waals surface area contributed by atoms with E-state index in [1.165, 1.54) is 6.26 Å². The quantitative estimate of drug-likeness (QED) is 0.826. The number of anilines is 1. The molecule has 132 valence electrons. The van der Waals surface area contributed by atoms with Crippen molar-refractivity contribution in [1.82, 2.24) is 4.90 Å². The second-order valence-electron chi connectivity index (χ2n) is 5.72. The number of carbonyl (C=O) groups excluding carboxylic acids is 3. The first-order valence-electron chi connectivity index (χ1n) is 7.95. The van der Waals surface area contributed by atoms with E-state index >= 15 is 0 Å². The highest BCUT2D eigenvalue weighted by molar-refractivity contribution is 7.18. The van der Waals surface area contributed by atoms with Crippen LogP contribution in [0.4, 0.5) is 5.00 Å². The molecular formula is C17H18N2O5S. The molecular weight excluding hydrogens is 344 g/mol. The van der Waals surface area contributed by atoms with E-state index in [-0.39, 0.29) is 18.3 Å². The average molecular weight is 362 g/mol. The van der Waals surface area contributed by atoms with Crippen molar-refractivity contribution in [3.05, 3.63) is 40.7 Å². The molecule has 25 heavy (non-hydrogen) atoms. The summed E-state index contributed by atoms with van der Waals surface area (Å²) in [7, 11) is 0. The van der Waals surface area contributed by atoms with E-state index in [1.54, 1.807) is 30.0 Å². The van der Waals surface area contributed by atoms with Gasteiger partial charge in [-0.2, -0.15) is 0 Å². The van der Waals surface area contributed by atoms with Gasteiger partial charge in [0.05, 0.1) is 11.3 Å². The van der Waals surface area contributed by atoms with E-state index < -0.39 is 11.9 Å². The Morgan fingerprint density at radius 1 is 1.32 bits per heavy atom. The van der Waals surface area contributed by atoms with Gasteiger partial charge in [-0.1, -0.05) is 0 Å². The van der Waals surface area contributed by atoms with Gasteiger partial charge in [-0.25, -0.2) is 4.79 Å². The zero-order chi connectivity index (χ0) is 17.8. The zero-order valence-corrected chi connectivity index (χ0v) is 14.6. The second kappa shape index (κ2) is 7.52. The fourth-order valence-corrected chi connectivity index (χ4v) is 3.54. The number of furan rings is 1. The number of hydrogen-bond acceptors (Lipinski definition) is 6. The number of esters is 1. The number of hydrogen-bond donors (Lipinski definition) is 1. The molecule has 0 radical (unpaired) electrons. The first-order chi connectivity index (χ1) is 12.0. The molecule has 1 fully saturated rings. The van der Waals surface area contributed by atoms with Crippen LogP contribution in [0.25, 0.3) is 0 Å². The number of thiophene rings is 1. The molecule has 1 saturated heterocycles. The lowest BCUT2D eigenvalue weighted by molar-refractivity contribution is -0.133. The van der Waals surface area contributed by atoms with Gasteiger partial charge in [0, 0.05) is 13.1 Å². The molecule has 1 aliphatic heterocycles. The van der Waals surface area contributed by atoms with Crippen LogP contribution in [-0.4, -0.2) is 42.4 Å². The summed E-state index contributed by atoms with van der Waals surface area (Å²) in [6.07, 6.45) is 3.39. The zero-order valence-electron chi connectivity index (χ0n) is 13.7. The molecule has 2 amide bonds. The fourth-order valence-electron chi connectivity index (χ4n) is 2.58. The maximum Gasteiger partial charge on any atom is 0.349 e. The van der Waals surface area contributed by atoms with Gasteiger partial charge in [0.2, 0.25) is 0 Å². The molecule has 2 aromatic rings. The van der Waals surface area contributed by atoms with Gasteiger partial charge in [-0.05, 0) is 43.5 Å². The number of ether oxygens (including phenoxy) is 1. The molecule has 3 rings (SSSR count). The maximum absolute atomic E-state index is 12.2. The largest absolute Gasteiger partial charge is 0.459 e. The second-order valence-corrected chi connectivity index (χ2v) is 6.77. The lowest BCUT2D eigenvalue weighted by Crippen LogP contribution is -2.32. The molecule has 0 spiro atoms. The summed E-state index contributed by atoms with van der Waals surface area (Å²) in [6.45, 7) is 2.93. The first-order valence-corrected chi connectivity index (χ1v) is 8.76. The van der Waals surface area contributed by atoms with Gasteiger partial charge >= 0.3 is 5.97 Å². The number of nitrogens with one attached hydrogen (secondary N) is 1. The van der Waals surface area contributed by atoms with E-state index in [0.29, 0.717) is 15.4 Å². The van der Waals surface area contributed by atoms with Crippen LogP contribution in [0.2, 0.25) is 0 Å². The van der Waals surface area contributed by atoms with Crippen LogP contribution in [0.1, 0.15) is 38.6 Å². The maximum atomic E-state index is 12.2. The van der Waals surface area contributed by atoms with Crippen molar-refractivity contribution in [1.29, 1.82) is 0 Å². The molecule has 0 atom stereocenters. The Labute approximate surface area is 148 Å². The molecule has 1 N–H and O–H groups in total. The minimum absolute atomic E-state index is 0.175. The Morgan fingerprint density at radius 2 is 2.08 bits per heavy atom. The summed E-state index contributed by atoms with van der Waals surface area (Å²) >= 11 is 1.10. The van der Waals surface area contributed by atoms with Crippen LogP contribution in [-0.2, 0) is 9.53 Å². The van der Waals surface area contributed by atoms with Crippen molar-refractivity contribution in [2.45, 2.75) is 19.8 Å². The molecule has 1 aliphatic rings. The van der Waals surface area contributed by atoms with Crippen molar-refractivity contribution in [3.63, 3.8) is 0 Å². The van der Waals surface area contributed by atoms with Gasteiger partial charge in [0.1, 0.15) is 4.88 Å². The molecule has 2 aromatic heterocycles. The van der Waals surface area contributed by atoms with Crippen LogP contribution in [0.3, 0.4) is 0 Å². The molecule has 8 heteroatoms. The minimum atomic E-state index is -0.562. The van der Waals surface area contributed by atoms with Gasteiger partial charge in [0.25, 0.3) is 11.8 Å². The van der Waals surface area contributed by atoms with Gasteiger partial charge in [-0.3, -0.25) is 9.59 Å². The highest BCUT2D eigenvalue weighted by Gasteiger charge is 2.22. The Hall–Kier alpha value is -2.61. The van der Waals surface area contributed by atoms with Crippen LogP contribution < -0.4 is 5.32 Å². The Balaban J connectivity index is 1.58. The predicted molar refractivity (Wildman–Crippen MR) is 91.8 cm³/mol. The van der Waals surface area contributed by atoms with Crippen LogP contribution in [0.5, 0.6) is 0 Å². The summed E-state index contributed by atoms with van der Waals surface area (Å²) in [5.74, 6) is -0.943. The van der Waals surface area contributed by atoms with E-state index in [2.05, 4.69) is 5.32 Å². The molecule has 0 aliphatic carbocycles. The average Bonchev–Trinajstić information content (AvgIpc) is 3.33. The van der Waals surface area contributed by atoms with Crippen molar-refractivity contribution in [2.24, 2.45) is 0 Å². The predicted octanol–water partition coefficient (Wildman–Crippen LogP) is 2.68. The third kappa shape index (κ3) is 4.08. The Kier molecular flexibility index (Phi) is 5.18. The van der Waals surface area contributed by atoms with Crippen LogP contribution in [0.15, 0.2) is 28.9 Å². The number of aryl methyl sites for hydroxylation is 1. The van der Waals surface area contributed by atoms with E-state index in [9.17, 15) is 14.4 Å². The number of carbonyl (C=O) groups is 3. The number of nitrogens with zero attached hydrogens (tertiary/aromatic N) is 1. The topological polar surface area (TPSA) is 88.9 Å². The summed E-state index contributed by atoms with van der Waals surface area (Å²) in [4.78, 5) is 38.2. The molecule has 0 bridgehead atoms. The molecule has 7 nitrogen and oxygen atoms in total. The van der Waals surface area contributed by atoms with Gasteiger partial charge < -0.3 is 19.4 Å². The SMILES string of the molecule is Cc1cc(NC(=O)c2ccco2)sc1C(=O)OCC(=O)N1CCCC1. The fraction of sp³-hybridized carbons (Fsp3) is 0.353. The number of rotatable bonds is 5. The number of amides is 2. The lowest BCUT2D eigenvalue weighted by atomic mass is 10.3. The summed E-state index contributed by atoms with van der Waals surface area (Å²) in [5, 5.41) is 3.18. The van der Waals surface area contributed by atoms with Crippen molar-refractivity contribution < 1.29 is 23.5 Å². The number of likely N-dealkylation sites (tertiary alicyclic amines) is 1. The van der Waals surface area contributed by atoms with Gasteiger partial charge in [0.15, 0.2) is 12.4 Å². The first kappa shape index (κ1) is 17.2. The molecule has 0 aromatic carbocycles. The normalized spacial score (nSPS) is 13.7. The highest BCUT2D eigenvalue weighted by Crippen LogP contribution is 2.28. The van der Waals surface area contributed by atoms with E-state index in [0.717, 1.165) is 37.3 Å². The van der Waals surface area contributed by atoms with E-state index in [1.807, 2.05) is 0 Å². The summed E-state index contributed by atoms with van der Waals surface area (Å²) < 4.78 is 10.1.